The third-order valence-electron chi connectivity index (χ3n) is 5.09. The van der Waals surface area contributed by atoms with Gasteiger partial charge in [0.05, 0.1) is 16.3 Å². The van der Waals surface area contributed by atoms with Gasteiger partial charge in [0.25, 0.3) is 10.0 Å². The number of para-hydroxylation sites is 1. The van der Waals surface area contributed by atoms with Gasteiger partial charge in [-0.05, 0) is 47.7 Å². The molecular formula is C25H21FN3O3S2-. The Balaban J connectivity index is 1.59. The summed E-state index contributed by atoms with van der Waals surface area (Å²) < 4.78 is 40.9. The van der Waals surface area contributed by atoms with Gasteiger partial charge < -0.3 is 5.11 Å². The minimum atomic E-state index is -4.02. The van der Waals surface area contributed by atoms with Gasteiger partial charge in [0, 0.05) is 16.5 Å². The average Bonchev–Trinajstić information content (AvgIpc) is 3.28. The highest BCUT2D eigenvalue weighted by molar-refractivity contribution is 7.92. The predicted molar refractivity (Wildman–Crippen MR) is 131 cm³/mol. The Morgan fingerprint density at radius 1 is 1.03 bits per heavy atom. The minimum Gasteiger partial charge on any atom is -0.858 e. The van der Waals surface area contributed by atoms with E-state index in [2.05, 4.69) is 28.5 Å². The third-order valence-corrected chi connectivity index (χ3v) is 7.20. The van der Waals surface area contributed by atoms with Crippen LogP contribution in [0.25, 0.3) is 11.3 Å². The van der Waals surface area contributed by atoms with E-state index < -0.39 is 21.7 Å². The van der Waals surface area contributed by atoms with Gasteiger partial charge in [-0.15, -0.1) is 11.3 Å². The van der Waals surface area contributed by atoms with Crippen molar-refractivity contribution >= 4 is 38.1 Å². The molecule has 0 aliphatic rings. The van der Waals surface area contributed by atoms with Crippen molar-refractivity contribution in [2.45, 2.75) is 24.7 Å². The van der Waals surface area contributed by atoms with Crippen molar-refractivity contribution in [3.05, 3.63) is 95.1 Å². The number of anilines is 1. The first-order valence-electron chi connectivity index (χ1n) is 10.4. The molecule has 174 valence electrons. The van der Waals surface area contributed by atoms with Gasteiger partial charge in [0.15, 0.2) is 0 Å². The Morgan fingerprint density at radius 3 is 2.38 bits per heavy atom. The van der Waals surface area contributed by atoms with E-state index in [1.165, 1.54) is 29.0 Å². The quantitative estimate of drug-likeness (QED) is 0.278. The maximum Gasteiger partial charge on any atom is 0.261 e. The van der Waals surface area contributed by atoms with E-state index in [4.69, 9.17) is 0 Å². The Labute approximate surface area is 201 Å². The smallest absolute Gasteiger partial charge is 0.261 e. The fourth-order valence-corrected chi connectivity index (χ4v) is 4.98. The molecule has 0 radical (unpaired) electrons. The molecule has 0 aliphatic carbocycles. The molecule has 6 nitrogen and oxygen atoms in total. The van der Waals surface area contributed by atoms with Crippen LogP contribution in [0.15, 0.2) is 88.1 Å². The van der Waals surface area contributed by atoms with Crippen molar-refractivity contribution in [3.63, 3.8) is 0 Å². The van der Waals surface area contributed by atoms with Gasteiger partial charge in [-0.2, -0.15) is 0 Å². The Kier molecular flexibility index (Phi) is 6.76. The highest BCUT2D eigenvalue weighted by Crippen LogP contribution is 2.29. The second-order valence-electron chi connectivity index (χ2n) is 7.81. The number of nitrogens with one attached hydrogen (secondary N) is 1. The molecule has 4 rings (SSSR count). The summed E-state index contributed by atoms with van der Waals surface area (Å²) in [5.74, 6) is -0.756. The van der Waals surface area contributed by atoms with Crippen LogP contribution in [-0.4, -0.2) is 19.3 Å². The highest BCUT2D eigenvalue weighted by Gasteiger charge is 2.16. The molecule has 0 amide bonds. The summed E-state index contributed by atoms with van der Waals surface area (Å²) >= 11 is 1.22. The summed E-state index contributed by atoms with van der Waals surface area (Å²) in [4.78, 5) is 8.39. The van der Waals surface area contributed by atoms with E-state index in [1.807, 2.05) is 29.6 Å². The molecule has 1 aromatic heterocycles. The Bertz CT molecular complexity index is 1430. The molecular weight excluding hydrogens is 473 g/mol. The number of sulfonamides is 1. The summed E-state index contributed by atoms with van der Waals surface area (Å²) in [6.45, 7) is 4.25. The van der Waals surface area contributed by atoms with Gasteiger partial charge in [0.1, 0.15) is 5.82 Å². The van der Waals surface area contributed by atoms with Crippen LogP contribution in [-0.2, 0) is 10.0 Å². The number of rotatable bonds is 7. The summed E-state index contributed by atoms with van der Waals surface area (Å²) in [5, 5.41) is 15.0. The topological polar surface area (TPSA) is 94.5 Å². The Morgan fingerprint density at radius 2 is 1.71 bits per heavy atom. The van der Waals surface area contributed by atoms with Crippen molar-refractivity contribution in [3.8, 4) is 11.3 Å². The van der Waals surface area contributed by atoms with E-state index in [9.17, 15) is 17.9 Å². The van der Waals surface area contributed by atoms with Crippen molar-refractivity contribution in [2.24, 2.45) is 4.99 Å². The van der Waals surface area contributed by atoms with Gasteiger partial charge >= 0.3 is 0 Å². The zero-order valence-corrected chi connectivity index (χ0v) is 20.0. The molecule has 0 saturated carbocycles. The highest BCUT2D eigenvalue weighted by atomic mass is 32.2. The van der Waals surface area contributed by atoms with Gasteiger partial charge in [-0.1, -0.05) is 56.3 Å². The lowest BCUT2D eigenvalue weighted by Crippen LogP contribution is -2.22. The molecule has 0 unspecified atom stereocenters. The minimum absolute atomic E-state index is 0.0710. The number of halogens is 1. The van der Waals surface area contributed by atoms with Crippen molar-refractivity contribution in [1.82, 2.24) is 4.98 Å². The number of aliphatic imine (C=N–C) groups is 1. The van der Waals surface area contributed by atoms with Crippen LogP contribution in [0.5, 0.6) is 0 Å². The molecule has 0 fully saturated rings. The number of thiazole rings is 1. The van der Waals surface area contributed by atoms with Gasteiger partial charge in [-0.3, -0.25) is 4.72 Å². The first kappa shape index (κ1) is 23.6. The molecule has 0 aliphatic heterocycles. The first-order valence-corrected chi connectivity index (χ1v) is 12.8. The van der Waals surface area contributed by atoms with Crippen LogP contribution in [0, 0.1) is 5.82 Å². The van der Waals surface area contributed by atoms with E-state index >= 15 is 0 Å². The molecule has 4 aromatic rings. The first-order chi connectivity index (χ1) is 16.2. The summed E-state index contributed by atoms with van der Waals surface area (Å²) in [5.41, 5.74) is 2.99. The standard InChI is InChI=1S/C25H22FN3O3S2/c1-16(2)17-7-9-18(10-8-17)23-15-33-25(27-23)28-24(30)21-5-3-4-6-22(21)29-34(31,32)20-13-11-19(26)12-14-20/h3-16,29H,1-2H3,(H,27,28,30)/p-1. The van der Waals surface area contributed by atoms with Crippen LogP contribution >= 0.6 is 11.3 Å². The van der Waals surface area contributed by atoms with Gasteiger partial charge in [0.2, 0.25) is 5.13 Å². The second-order valence-corrected chi connectivity index (χ2v) is 10.3. The Hall–Kier alpha value is -3.56. The van der Waals surface area contributed by atoms with Crippen molar-refractivity contribution in [1.29, 1.82) is 0 Å². The van der Waals surface area contributed by atoms with E-state index in [0.29, 0.717) is 11.6 Å². The van der Waals surface area contributed by atoms with Crippen LogP contribution in [0.3, 0.4) is 0 Å². The molecule has 0 spiro atoms. The normalized spacial score (nSPS) is 12.2. The lowest BCUT2D eigenvalue weighted by molar-refractivity contribution is -0.212. The number of benzene rings is 3. The predicted octanol–water partition coefficient (Wildman–Crippen LogP) is 5.31. The average molecular weight is 495 g/mol. The number of hydrogen-bond acceptors (Lipinski definition) is 6. The van der Waals surface area contributed by atoms with Crippen molar-refractivity contribution < 1.29 is 17.9 Å². The fourth-order valence-electron chi connectivity index (χ4n) is 3.21. The molecule has 34 heavy (non-hydrogen) atoms. The number of aromatic nitrogens is 1. The summed E-state index contributed by atoms with van der Waals surface area (Å²) in [6, 6.07) is 18.6. The summed E-state index contributed by atoms with van der Waals surface area (Å²) in [7, 11) is -4.02. The monoisotopic (exact) mass is 494 g/mol. The number of nitrogens with zero attached hydrogens (tertiary/aromatic N) is 2. The van der Waals surface area contributed by atoms with E-state index in [-0.39, 0.29) is 21.3 Å². The molecule has 0 atom stereocenters. The fraction of sp³-hybridized carbons (Fsp3) is 0.120. The third kappa shape index (κ3) is 5.32. The molecule has 1 heterocycles. The lowest BCUT2D eigenvalue weighted by atomic mass is 10.0. The summed E-state index contributed by atoms with van der Waals surface area (Å²) in [6.07, 6.45) is 0. The maximum atomic E-state index is 13.2. The molecule has 3 aromatic carbocycles. The second kappa shape index (κ2) is 9.74. The van der Waals surface area contributed by atoms with E-state index in [0.717, 1.165) is 29.8 Å². The van der Waals surface area contributed by atoms with Crippen molar-refractivity contribution in [2.75, 3.05) is 4.72 Å². The molecule has 0 bridgehead atoms. The van der Waals surface area contributed by atoms with Crippen LogP contribution in [0.2, 0.25) is 0 Å². The SMILES string of the molecule is CC(C)c1ccc(-c2csc(N=C([O-])c3ccccc3NS(=O)(=O)c3ccc(F)cc3)n2)cc1. The largest absolute Gasteiger partial charge is 0.858 e. The van der Waals surface area contributed by atoms with Crippen LogP contribution < -0.4 is 9.83 Å². The van der Waals surface area contributed by atoms with Crippen LogP contribution in [0.4, 0.5) is 15.2 Å². The maximum absolute atomic E-state index is 13.2. The zero-order valence-electron chi connectivity index (χ0n) is 18.4. The number of hydrogen-bond donors (Lipinski definition) is 1. The lowest BCUT2D eigenvalue weighted by Gasteiger charge is -2.16. The molecule has 1 N–H and O–H groups in total. The zero-order chi connectivity index (χ0) is 24.3. The molecule has 0 saturated heterocycles. The van der Waals surface area contributed by atoms with E-state index in [1.54, 1.807) is 12.1 Å². The van der Waals surface area contributed by atoms with Crippen LogP contribution in [0.1, 0.15) is 30.9 Å². The van der Waals surface area contributed by atoms with Gasteiger partial charge in [-0.25, -0.2) is 22.8 Å². The molecule has 9 heteroatoms.